The summed E-state index contributed by atoms with van der Waals surface area (Å²) in [5.74, 6) is 7.18. The maximum absolute atomic E-state index is 3.77. The molecule has 64 valence electrons. The van der Waals surface area contributed by atoms with E-state index >= 15 is 0 Å². The smallest absolute Gasteiger partial charge is 0.0150 e. The standard InChI is InChI=1S/C11H15N/c1-2-4(1)7-9-5-3-6-8(5)11(12-6)10(7)9/h4-12H,1-3H2/t5?,6?,7?,8?,9-,10?,11?/m0/s1. The van der Waals surface area contributed by atoms with Crippen molar-refractivity contribution in [2.24, 2.45) is 35.5 Å². The monoisotopic (exact) mass is 161 g/mol. The Morgan fingerprint density at radius 3 is 2.50 bits per heavy atom. The molecule has 1 aliphatic heterocycles. The normalized spacial score (nSPS) is 75.5. The average Bonchev–Trinajstić information content (AvgIpc) is 2.74. The summed E-state index contributed by atoms with van der Waals surface area (Å²) in [6.45, 7) is 0. The van der Waals surface area contributed by atoms with E-state index in [1.54, 1.807) is 19.3 Å². The molecule has 1 saturated heterocycles. The molecule has 5 rings (SSSR count). The zero-order chi connectivity index (χ0) is 7.45. The first-order valence-electron chi connectivity index (χ1n) is 5.71. The zero-order valence-corrected chi connectivity index (χ0v) is 7.24. The Hall–Kier alpha value is -0.0400. The van der Waals surface area contributed by atoms with Crippen molar-refractivity contribution in [2.45, 2.75) is 31.3 Å². The van der Waals surface area contributed by atoms with Gasteiger partial charge in [-0.15, -0.1) is 0 Å². The van der Waals surface area contributed by atoms with Crippen LogP contribution in [0.5, 0.6) is 0 Å². The van der Waals surface area contributed by atoms with E-state index in [1.165, 1.54) is 35.5 Å². The summed E-state index contributed by atoms with van der Waals surface area (Å²) in [6.07, 6.45) is 4.70. The van der Waals surface area contributed by atoms with Gasteiger partial charge in [-0.25, -0.2) is 0 Å². The molecule has 0 spiro atoms. The van der Waals surface area contributed by atoms with E-state index in [4.69, 9.17) is 0 Å². The van der Waals surface area contributed by atoms with Gasteiger partial charge in [0.2, 0.25) is 0 Å². The van der Waals surface area contributed by atoms with Gasteiger partial charge in [0.1, 0.15) is 0 Å². The van der Waals surface area contributed by atoms with Gasteiger partial charge in [-0.05, 0) is 54.8 Å². The molecule has 0 amide bonds. The fourth-order valence-corrected chi connectivity index (χ4v) is 4.97. The Bertz CT molecular complexity index is 250. The molecule has 1 N–H and O–H groups in total. The predicted octanol–water partition coefficient (Wildman–Crippen LogP) is 1.25. The van der Waals surface area contributed by atoms with Crippen LogP contribution in [0.25, 0.3) is 0 Å². The highest BCUT2D eigenvalue weighted by Crippen LogP contribution is 2.76. The Morgan fingerprint density at radius 2 is 1.83 bits per heavy atom. The number of rotatable bonds is 1. The highest BCUT2D eigenvalue weighted by Gasteiger charge is 2.77. The first-order valence-corrected chi connectivity index (χ1v) is 5.71. The molecular formula is C11H15N. The fraction of sp³-hybridized carbons (Fsp3) is 1.00. The minimum Gasteiger partial charge on any atom is -0.310 e. The third-order valence-corrected chi connectivity index (χ3v) is 5.57. The molecule has 0 bridgehead atoms. The van der Waals surface area contributed by atoms with Crippen LogP contribution in [0.1, 0.15) is 19.3 Å². The molecular weight excluding hydrogens is 146 g/mol. The molecule has 4 saturated carbocycles. The van der Waals surface area contributed by atoms with Crippen molar-refractivity contribution in [2.75, 3.05) is 0 Å². The molecule has 0 aromatic carbocycles. The van der Waals surface area contributed by atoms with Crippen LogP contribution in [-0.2, 0) is 0 Å². The largest absolute Gasteiger partial charge is 0.310 e. The van der Waals surface area contributed by atoms with Crippen molar-refractivity contribution in [3.8, 4) is 0 Å². The molecule has 0 radical (unpaired) electrons. The lowest BCUT2D eigenvalue weighted by Crippen LogP contribution is -2.69. The summed E-state index contributed by atoms with van der Waals surface area (Å²) in [5.41, 5.74) is 0. The second-order valence-electron chi connectivity index (χ2n) is 5.85. The number of fused-ring (bicyclic) bond motifs is 3. The van der Waals surface area contributed by atoms with E-state index in [-0.39, 0.29) is 0 Å². The maximum atomic E-state index is 3.77. The van der Waals surface area contributed by atoms with Crippen LogP contribution >= 0.6 is 0 Å². The molecule has 1 heteroatoms. The first-order chi connectivity index (χ1) is 5.95. The van der Waals surface area contributed by atoms with Gasteiger partial charge in [-0.2, -0.15) is 0 Å². The predicted molar refractivity (Wildman–Crippen MR) is 45.5 cm³/mol. The molecule has 6 unspecified atom stereocenters. The third kappa shape index (κ3) is 0.396. The van der Waals surface area contributed by atoms with Gasteiger partial charge < -0.3 is 5.32 Å². The highest BCUT2D eigenvalue weighted by molar-refractivity contribution is 5.29. The minimum atomic E-state index is 0.993. The van der Waals surface area contributed by atoms with Crippen LogP contribution in [0.15, 0.2) is 0 Å². The summed E-state index contributed by atoms with van der Waals surface area (Å²) in [7, 11) is 0. The van der Waals surface area contributed by atoms with Crippen LogP contribution in [0.2, 0.25) is 0 Å². The topological polar surface area (TPSA) is 12.0 Å². The van der Waals surface area contributed by atoms with Crippen LogP contribution in [0.3, 0.4) is 0 Å². The molecule has 5 fully saturated rings. The Labute approximate surface area is 72.9 Å². The van der Waals surface area contributed by atoms with Crippen LogP contribution in [0.4, 0.5) is 0 Å². The molecule has 5 aliphatic rings. The van der Waals surface area contributed by atoms with Gasteiger partial charge in [0.05, 0.1) is 0 Å². The van der Waals surface area contributed by atoms with Crippen molar-refractivity contribution in [3.05, 3.63) is 0 Å². The highest BCUT2D eigenvalue weighted by atomic mass is 15.2. The molecule has 4 aliphatic carbocycles. The molecule has 1 heterocycles. The van der Waals surface area contributed by atoms with Crippen LogP contribution < -0.4 is 5.32 Å². The molecule has 7 atom stereocenters. The van der Waals surface area contributed by atoms with Crippen molar-refractivity contribution in [1.82, 2.24) is 5.32 Å². The Morgan fingerprint density at radius 1 is 0.917 bits per heavy atom. The SMILES string of the molecule is C1CC1C1C2C3NC4CC(C43)[C@@H]12. The van der Waals surface area contributed by atoms with Crippen molar-refractivity contribution in [3.63, 3.8) is 0 Å². The van der Waals surface area contributed by atoms with E-state index in [2.05, 4.69) is 5.32 Å². The third-order valence-electron chi connectivity index (χ3n) is 5.57. The van der Waals surface area contributed by atoms with E-state index in [1.807, 2.05) is 0 Å². The van der Waals surface area contributed by atoms with E-state index in [0.717, 1.165) is 12.1 Å². The van der Waals surface area contributed by atoms with Gasteiger partial charge in [-0.3, -0.25) is 0 Å². The lowest BCUT2D eigenvalue weighted by atomic mass is 9.60. The van der Waals surface area contributed by atoms with E-state index in [9.17, 15) is 0 Å². The molecule has 0 aromatic rings. The number of hydrogen-bond donors (Lipinski definition) is 1. The summed E-state index contributed by atoms with van der Waals surface area (Å²) in [4.78, 5) is 0. The Kier molecular flexibility index (Phi) is 0.654. The Balaban J connectivity index is 1.53. The number of nitrogens with one attached hydrogen (secondary N) is 1. The van der Waals surface area contributed by atoms with E-state index in [0.29, 0.717) is 0 Å². The van der Waals surface area contributed by atoms with Gasteiger partial charge in [0.25, 0.3) is 0 Å². The van der Waals surface area contributed by atoms with Crippen LogP contribution in [-0.4, -0.2) is 12.1 Å². The van der Waals surface area contributed by atoms with Crippen LogP contribution in [0, 0.1) is 35.5 Å². The summed E-state index contributed by atoms with van der Waals surface area (Å²) in [5, 5.41) is 3.77. The first kappa shape index (κ1) is 5.64. The van der Waals surface area contributed by atoms with Gasteiger partial charge in [-0.1, -0.05) is 0 Å². The second kappa shape index (κ2) is 1.39. The summed E-state index contributed by atoms with van der Waals surface area (Å²) in [6, 6.07) is 2.01. The molecule has 1 nitrogen and oxygen atoms in total. The van der Waals surface area contributed by atoms with Crippen molar-refractivity contribution >= 4 is 0 Å². The van der Waals surface area contributed by atoms with Gasteiger partial charge >= 0.3 is 0 Å². The van der Waals surface area contributed by atoms with Crippen molar-refractivity contribution < 1.29 is 0 Å². The lowest BCUT2D eigenvalue weighted by Gasteiger charge is -2.57. The maximum Gasteiger partial charge on any atom is 0.0150 e. The number of hydrogen-bond acceptors (Lipinski definition) is 1. The zero-order valence-electron chi connectivity index (χ0n) is 7.24. The number of piperidine rings is 1. The van der Waals surface area contributed by atoms with Gasteiger partial charge in [0.15, 0.2) is 0 Å². The van der Waals surface area contributed by atoms with Crippen molar-refractivity contribution in [1.29, 1.82) is 0 Å². The summed E-state index contributed by atoms with van der Waals surface area (Å²) >= 11 is 0. The molecule has 12 heavy (non-hydrogen) atoms. The van der Waals surface area contributed by atoms with Gasteiger partial charge in [0, 0.05) is 12.1 Å². The molecule has 0 aromatic heterocycles. The fourth-order valence-electron chi connectivity index (χ4n) is 4.97. The summed E-state index contributed by atoms with van der Waals surface area (Å²) < 4.78 is 0. The second-order valence-corrected chi connectivity index (χ2v) is 5.85. The van der Waals surface area contributed by atoms with E-state index < -0.39 is 0 Å². The lowest BCUT2D eigenvalue weighted by molar-refractivity contribution is -0.0161. The quantitative estimate of drug-likeness (QED) is 0.610. The minimum absolute atomic E-state index is 0.993. The average molecular weight is 161 g/mol.